The van der Waals surface area contributed by atoms with Crippen LogP contribution in [0, 0.1) is 0 Å². The summed E-state index contributed by atoms with van der Waals surface area (Å²) in [7, 11) is 0. The van der Waals surface area contributed by atoms with Crippen molar-refractivity contribution < 1.29 is 19.4 Å². The average Bonchev–Trinajstić information content (AvgIpc) is 2.69. The van der Waals surface area contributed by atoms with E-state index in [1.807, 2.05) is 12.1 Å². The van der Waals surface area contributed by atoms with E-state index in [2.05, 4.69) is 21.2 Å². The van der Waals surface area contributed by atoms with Gasteiger partial charge in [0.25, 0.3) is 11.8 Å². The first-order chi connectivity index (χ1) is 13.4. The van der Waals surface area contributed by atoms with Crippen LogP contribution in [0.3, 0.4) is 0 Å². The van der Waals surface area contributed by atoms with Gasteiger partial charge in [-0.15, -0.1) is 0 Å². The predicted octanol–water partition coefficient (Wildman–Crippen LogP) is 3.34. The molecule has 148 valence electrons. The summed E-state index contributed by atoms with van der Waals surface area (Å²) >= 11 is 3.37. The monoisotopic (exact) mass is 446 g/mol. The number of hydrogen-bond acceptors (Lipinski definition) is 4. The molecule has 1 saturated heterocycles. The Morgan fingerprint density at radius 3 is 2.50 bits per heavy atom. The summed E-state index contributed by atoms with van der Waals surface area (Å²) in [6.07, 6.45) is 0.798. The second kappa shape index (κ2) is 9.10. The number of aromatic hydroxyl groups is 1. The second-order valence-electron chi connectivity index (χ2n) is 6.84. The van der Waals surface area contributed by atoms with Crippen LogP contribution in [0.1, 0.15) is 30.1 Å². The van der Waals surface area contributed by atoms with Gasteiger partial charge in [0.1, 0.15) is 11.5 Å². The Bertz CT molecular complexity index is 833. The number of hydrogen-bond donors (Lipinski definition) is 2. The van der Waals surface area contributed by atoms with Crippen LogP contribution in [0.2, 0.25) is 0 Å². The summed E-state index contributed by atoms with van der Waals surface area (Å²) in [5.74, 6) is 0.507. The Morgan fingerprint density at radius 1 is 1.18 bits per heavy atom. The SMILES string of the molecule is CC(Oc1ccc(O)cc1)C(=O)N1CCC(NC(=O)c2cccc(Br)c2)CC1. The Morgan fingerprint density at radius 2 is 1.86 bits per heavy atom. The zero-order valence-corrected chi connectivity index (χ0v) is 17.2. The number of amides is 2. The Hall–Kier alpha value is -2.54. The van der Waals surface area contributed by atoms with Gasteiger partial charge in [-0.05, 0) is 62.2 Å². The summed E-state index contributed by atoms with van der Waals surface area (Å²) in [6, 6.07) is 13.6. The number of likely N-dealkylation sites (tertiary alicyclic amines) is 1. The van der Waals surface area contributed by atoms with Gasteiger partial charge in [0.05, 0.1) is 0 Å². The third-order valence-corrected chi connectivity index (χ3v) is 5.22. The molecule has 1 fully saturated rings. The first-order valence-corrected chi connectivity index (χ1v) is 10.0. The number of phenolic OH excluding ortho intramolecular Hbond substituents is 1. The van der Waals surface area contributed by atoms with Crippen LogP contribution in [0.5, 0.6) is 11.5 Å². The second-order valence-corrected chi connectivity index (χ2v) is 7.75. The van der Waals surface area contributed by atoms with Gasteiger partial charge in [-0.2, -0.15) is 0 Å². The zero-order valence-electron chi connectivity index (χ0n) is 15.6. The van der Waals surface area contributed by atoms with E-state index in [-0.39, 0.29) is 23.6 Å². The van der Waals surface area contributed by atoms with Gasteiger partial charge in [-0.25, -0.2) is 0 Å². The number of nitrogens with zero attached hydrogens (tertiary/aromatic N) is 1. The molecule has 7 heteroatoms. The van der Waals surface area contributed by atoms with Crippen molar-refractivity contribution in [3.8, 4) is 11.5 Å². The summed E-state index contributed by atoms with van der Waals surface area (Å²) in [5.41, 5.74) is 0.615. The fourth-order valence-corrected chi connectivity index (χ4v) is 3.58. The predicted molar refractivity (Wildman–Crippen MR) is 109 cm³/mol. The van der Waals surface area contributed by atoms with Gasteiger partial charge < -0.3 is 20.1 Å². The van der Waals surface area contributed by atoms with E-state index in [4.69, 9.17) is 4.74 Å². The minimum atomic E-state index is -0.614. The molecular weight excluding hydrogens is 424 g/mol. The van der Waals surface area contributed by atoms with E-state index in [9.17, 15) is 14.7 Å². The smallest absolute Gasteiger partial charge is 0.263 e. The molecule has 3 rings (SSSR count). The molecule has 2 aromatic rings. The van der Waals surface area contributed by atoms with E-state index in [1.54, 1.807) is 36.1 Å². The van der Waals surface area contributed by atoms with Crippen LogP contribution in [-0.4, -0.2) is 47.1 Å². The molecule has 0 bridgehead atoms. The molecule has 0 saturated carbocycles. The van der Waals surface area contributed by atoms with Crippen molar-refractivity contribution in [1.29, 1.82) is 0 Å². The number of nitrogens with one attached hydrogen (secondary N) is 1. The van der Waals surface area contributed by atoms with Crippen LogP contribution >= 0.6 is 15.9 Å². The number of rotatable bonds is 5. The minimum Gasteiger partial charge on any atom is -0.508 e. The van der Waals surface area contributed by atoms with Crippen molar-refractivity contribution in [2.75, 3.05) is 13.1 Å². The van der Waals surface area contributed by atoms with Gasteiger partial charge >= 0.3 is 0 Å². The number of halogens is 1. The molecule has 2 aromatic carbocycles. The number of ether oxygens (including phenoxy) is 1. The maximum absolute atomic E-state index is 12.6. The molecule has 0 aromatic heterocycles. The highest BCUT2D eigenvalue weighted by Gasteiger charge is 2.27. The van der Waals surface area contributed by atoms with Gasteiger partial charge in [0.2, 0.25) is 0 Å². The molecule has 1 aliphatic rings. The molecule has 0 aliphatic carbocycles. The van der Waals surface area contributed by atoms with Crippen LogP contribution in [0.15, 0.2) is 53.0 Å². The fraction of sp³-hybridized carbons (Fsp3) is 0.333. The lowest BCUT2D eigenvalue weighted by molar-refractivity contribution is -0.139. The van der Waals surface area contributed by atoms with Crippen molar-refractivity contribution in [2.45, 2.75) is 31.9 Å². The first-order valence-electron chi connectivity index (χ1n) is 9.23. The molecule has 2 amide bonds. The lowest BCUT2D eigenvalue weighted by atomic mass is 10.0. The van der Waals surface area contributed by atoms with Crippen molar-refractivity contribution in [1.82, 2.24) is 10.2 Å². The van der Waals surface area contributed by atoms with Gasteiger partial charge in [-0.3, -0.25) is 9.59 Å². The van der Waals surface area contributed by atoms with E-state index in [0.717, 1.165) is 4.47 Å². The highest BCUT2D eigenvalue weighted by Crippen LogP contribution is 2.19. The summed E-state index contributed by atoms with van der Waals surface area (Å²) in [6.45, 7) is 2.87. The third-order valence-electron chi connectivity index (χ3n) is 4.73. The quantitative estimate of drug-likeness (QED) is 0.737. The van der Waals surface area contributed by atoms with E-state index < -0.39 is 6.10 Å². The summed E-state index contributed by atoms with van der Waals surface area (Å²) < 4.78 is 6.53. The topological polar surface area (TPSA) is 78.9 Å². The van der Waals surface area contributed by atoms with Crippen LogP contribution in [0.4, 0.5) is 0 Å². The molecule has 0 radical (unpaired) electrons. The third kappa shape index (κ3) is 5.25. The molecule has 28 heavy (non-hydrogen) atoms. The number of benzene rings is 2. The molecular formula is C21H23BrN2O4. The standard InChI is InChI=1S/C21H23BrN2O4/c1-14(28-19-7-5-18(25)6-8-19)21(27)24-11-9-17(10-12-24)23-20(26)15-3-2-4-16(22)13-15/h2-8,13-14,17,25H,9-12H2,1H3,(H,23,26). The normalized spacial score (nSPS) is 15.7. The molecule has 1 aliphatic heterocycles. The lowest BCUT2D eigenvalue weighted by Gasteiger charge is -2.33. The first kappa shape index (κ1) is 20.2. The Balaban J connectivity index is 1.48. The van der Waals surface area contributed by atoms with Crippen molar-refractivity contribution in [2.24, 2.45) is 0 Å². The van der Waals surface area contributed by atoms with Gasteiger partial charge in [-0.1, -0.05) is 22.0 Å². The molecule has 6 nitrogen and oxygen atoms in total. The highest BCUT2D eigenvalue weighted by atomic mass is 79.9. The maximum atomic E-state index is 12.6. The van der Waals surface area contributed by atoms with Crippen LogP contribution in [0.25, 0.3) is 0 Å². The van der Waals surface area contributed by atoms with Gasteiger partial charge in [0.15, 0.2) is 6.10 Å². The van der Waals surface area contributed by atoms with Crippen LogP contribution in [-0.2, 0) is 4.79 Å². The molecule has 1 atom stereocenters. The molecule has 2 N–H and O–H groups in total. The number of carbonyl (C=O) groups is 2. The molecule has 1 heterocycles. The highest BCUT2D eigenvalue weighted by molar-refractivity contribution is 9.10. The number of phenols is 1. The van der Waals surface area contributed by atoms with Crippen molar-refractivity contribution in [3.63, 3.8) is 0 Å². The zero-order chi connectivity index (χ0) is 20.1. The van der Waals surface area contributed by atoms with Crippen LogP contribution < -0.4 is 10.1 Å². The Labute approximate surface area is 172 Å². The summed E-state index contributed by atoms with van der Waals surface area (Å²) in [5, 5.41) is 12.4. The largest absolute Gasteiger partial charge is 0.508 e. The lowest BCUT2D eigenvalue weighted by Crippen LogP contribution is -2.49. The van der Waals surface area contributed by atoms with E-state index >= 15 is 0 Å². The maximum Gasteiger partial charge on any atom is 0.263 e. The van der Waals surface area contributed by atoms with E-state index in [0.29, 0.717) is 37.2 Å². The average molecular weight is 447 g/mol. The van der Waals surface area contributed by atoms with Gasteiger partial charge in [0, 0.05) is 29.2 Å². The van der Waals surface area contributed by atoms with Crippen molar-refractivity contribution >= 4 is 27.7 Å². The van der Waals surface area contributed by atoms with E-state index in [1.165, 1.54) is 12.1 Å². The minimum absolute atomic E-state index is 0.0452. The number of carbonyl (C=O) groups excluding carboxylic acids is 2. The molecule has 1 unspecified atom stereocenters. The molecule has 0 spiro atoms. The Kier molecular flexibility index (Phi) is 6.57. The fourth-order valence-electron chi connectivity index (χ4n) is 3.18. The summed E-state index contributed by atoms with van der Waals surface area (Å²) in [4.78, 5) is 26.8. The van der Waals surface area contributed by atoms with Crippen molar-refractivity contribution in [3.05, 3.63) is 58.6 Å². The number of piperidine rings is 1.